The van der Waals surface area contributed by atoms with E-state index in [1.807, 2.05) is 0 Å². The molecular formula is C8H9NO2. The van der Waals surface area contributed by atoms with Crippen molar-refractivity contribution in [2.24, 2.45) is 5.16 Å². The minimum atomic E-state index is 0.250. The summed E-state index contributed by atoms with van der Waals surface area (Å²) in [5.41, 5.74) is 1.53. The molecule has 0 atom stereocenters. The molecule has 3 heteroatoms. The second kappa shape index (κ2) is 3.05. The molecule has 0 bridgehead atoms. The first kappa shape index (κ1) is 7.60. The Kier molecular flexibility index (Phi) is 2.11. The molecule has 0 saturated carbocycles. The molecule has 0 spiro atoms. The largest absolute Gasteiger partial charge is 0.508 e. The summed E-state index contributed by atoms with van der Waals surface area (Å²) in [5.74, 6) is 0.250. The SMILES string of the molecule is Cc1cc(/C=N\O)ccc1O. The number of nitrogens with zero attached hydrogens (tertiary/aromatic N) is 1. The highest BCUT2D eigenvalue weighted by molar-refractivity contribution is 5.79. The molecule has 1 aromatic carbocycles. The Morgan fingerprint density at radius 3 is 2.73 bits per heavy atom. The highest BCUT2D eigenvalue weighted by Crippen LogP contribution is 2.15. The number of oxime groups is 1. The van der Waals surface area contributed by atoms with Gasteiger partial charge in [-0.3, -0.25) is 0 Å². The van der Waals surface area contributed by atoms with Crippen LogP contribution in [-0.2, 0) is 0 Å². The number of rotatable bonds is 1. The lowest BCUT2D eigenvalue weighted by molar-refractivity contribution is 0.322. The molecule has 0 amide bonds. The summed E-state index contributed by atoms with van der Waals surface area (Å²) in [6.07, 6.45) is 1.31. The van der Waals surface area contributed by atoms with Gasteiger partial charge < -0.3 is 10.3 Å². The molecule has 0 saturated heterocycles. The minimum Gasteiger partial charge on any atom is -0.508 e. The van der Waals surface area contributed by atoms with Gasteiger partial charge in [0, 0.05) is 0 Å². The van der Waals surface area contributed by atoms with Gasteiger partial charge in [0.1, 0.15) is 5.75 Å². The van der Waals surface area contributed by atoms with Crippen LogP contribution in [0.25, 0.3) is 0 Å². The fourth-order valence-electron chi connectivity index (χ4n) is 0.826. The van der Waals surface area contributed by atoms with Crippen LogP contribution in [-0.4, -0.2) is 16.5 Å². The van der Waals surface area contributed by atoms with Crippen molar-refractivity contribution in [2.75, 3.05) is 0 Å². The van der Waals surface area contributed by atoms with E-state index in [-0.39, 0.29) is 5.75 Å². The maximum Gasteiger partial charge on any atom is 0.118 e. The van der Waals surface area contributed by atoms with Gasteiger partial charge in [-0.1, -0.05) is 5.16 Å². The van der Waals surface area contributed by atoms with Crippen LogP contribution in [0.5, 0.6) is 5.75 Å². The van der Waals surface area contributed by atoms with Gasteiger partial charge in [0.15, 0.2) is 0 Å². The average molecular weight is 151 g/mol. The van der Waals surface area contributed by atoms with Crippen molar-refractivity contribution in [1.82, 2.24) is 0 Å². The lowest BCUT2D eigenvalue weighted by Crippen LogP contribution is -1.82. The standard InChI is InChI=1S/C8H9NO2/c1-6-4-7(5-9-11)2-3-8(6)10/h2-5,10-11H,1H3/b9-5-. The van der Waals surface area contributed by atoms with Gasteiger partial charge in [-0.15, -0.1) is 0 Å². The van der Waals surface area contributed by atoms with Gasteiger partial charge in [0.05, 0.1) is 6.21 Å². The van der Waals surface area contributed by atoms with Crippen molar-refractivity contribution < 1.29 is 10.3 Å². The van der Waals surface area contributed by atoms with Crippen LogP contribution in [0.2, 0.25) is 0 Å². The molecule has 0 radical (unpaired) electrons. The molecule has 58 valence electrons. The quantitative estimate of drug-likeness (QED) is 0.363. The van der Waals surface area contributed by atoms with Gasteiger partial charge >= 0.3 is 0 Å². The smallest absolute Gasteiger partial charge is 0.118 e. The van der Waals surface area contributed by atoms with Crippen molar-refractivity contribution >= 4 is 6.21 Å². The third kappa shape index (κ3) is 1.70. The zero-order valence-electron chi connectivity index (χ0n) is 6.15. The second-order valence-corrected chi connectivity index (χ2v) is 2.29. The monoisotopic (exact) mass is 151 g/mol. The second-order valence-electron chi connectivity index (χ2n) is 2.29. The highest BCUT2D eigenvalue weighted by Gasteiger charge is 1.94. The molecule has 2 N–H and O–H groups in total. The van der Waals surface area contributed by atoms with Gasteiger partial charge in [0.2, 0.25) is 0 Å². The Morgan fingerprint density at radius 1 is 1.45 bits per heavy atom. The van der Waals surface area contributed by atoms with Crippen LogP contribution in [0.1, 0.15) is 11.1 Å². The third-order valence-corrected chi connectivity index (χ3v) is 1.43. The Bertz CT molecular complexity index is 281. The van der Waals surface area contributed by atoms with E-state index in [1.165, 1.54) is 6.21 Å². The lowest BCUT2D eigenvalue weighted by atomic mass is 10.1. The number of aromatic hydroxyl groups is 1. The summed E-state index contributed by atoms with van der Waals surface area (Å²) in [6.45, 7) is 1.78. The molecule has 3 nitrogen and oxygen atoms in total. The summed E-state index contributed by atoms with van der Waals surface area (Å²) in [7, 11) is 0. The van der Waals surface area contributed by atoms with E-state index in [1.54, 1.807) is 25.1 Å². The Hall–Kier alpha value is -1.51. The number of hydrogen-bond acceptors (Lipinski definition) is 3. The van der Waals surface area contributed by atoms with E-state index in [4.69, 9.17) is 10.3 Å². The predicted octanol–water partition coefficient (Wildman–Crippen LogP) is 1.51. The van der Waals surface area contributed by atoms with Crippen molar-refractivity contribution in [1.29, 1.82) is 0 Å². The minimum absolute atomic E-state index is 0.250. The number of phenols is 1. The molecule has 0 aliphatic rings. The average Bonchev–Trinajstić information content (AvgIpc) is 1.98. The van der Waals surface area contributed by atoms with Gasteiger partial charge in [-0.05, 0) is 36.2 Å². The van der Waals surface area contributed by atoms with E-state index in [2.05, 4.69) is 5.16 Å². The molecule has 0 aliphatic heterocycles. The first-order chi connectivity index (χ1) is 5.24. The van der Waals surface area contributed by atoms with Crippen molar-refractivity contribution in [3.05, 3.63) is 29.3 Å². The summed E-state index contributed by atoms with van der Waals surface area (Å²) in [4.78, 5) is 0. The highest BCUT2D eigenvalue weighted by atomic mass is 16.4. The Morgan fingerprint density at radius 2 is 2.18 bits per heavy atom. The maximum atomic E-state index is 9.10. The molecule has 1 rings (SSSR count). The molecule has 0 heterocycles. The van der Waals surface area contributed by atoms with E-state index in [0.29, 0.717) is 0 Å². The fraction of sp³-hybridized carbons (Fsp3) is 0.125. The van der Waals surface area contributed by atoms with Gasteiger partial charge in [-0.2, -0.15) is 0 Å². The molecule has 0 aliphatic carbocycles. The number of phenolic OH excluding ortho intramolecular Hbond substituents is 1. The van der Waals surface area contributed by atoms with Crippen LogP contribution < -0.4 is 0 Å². The van der Waals surface area contributed by atoms with Crippen LogP contribution in [0, 0.1) is 6.92 Å². The topological polar surface area (TPSA) is 52.8 Å². The van der Waals surface area contributed by atoms with Gasteiger partial charge in [0.25, 0.3) is 0 Å². The van der Waals surface area contributed by atoms with Crippen molar-refractivity contribution in [2.45, 2.75) is 6.92 Å². The maximum absolute atomic E-state index is 9.10. The van der Waals surface area contributed by atoms with Crippen LogP contribution in [0.15, 0.2) is 23.4 Å². The molecule has 11 heavy (non-hydrogen) atoms. The Labute approximate surface area is 64.6 Å². The lowest BCUT2D eigenvalue weighted by Gasteiger charge is -1.97. The summed E-state index contributed by atoms with van der Waals surface area (Å²) < 4.78 is 0. The first-order valence-corrected chi connectivity index (χ1v) is 3.21. The normalized spacial score (nSPS) is 10.6. The number of hydrogen-bond donors (Lipinski definition) is 2. The van der Waals surface area contributed by atoms with E-state index < -0.39 is 0 Å². The zero-order valence-corrected chi connectivity index (χ0v) is 6.15. The summed E-state index contributed by atoms with van der Waals surface area (Å²) in [5, 5.41) is 20.2. The molecule has 0 fully saturated rings. The summed E-state index contributed by atoms with van der Waals surface area (Å²) >= 11 is 0. The third-order valence-electron chi connectivity index (χ3n) is 1.43. The van der Waals surface area contributed by atoms with Crippen LogP contribution in [0.4, 0.5) is 0 Å². The molecular weight excluding hydrogens is 142 g/mol. The zero-order chi connectivity index (χ0) is 8.27. The van der Waals surface area contributed by atoms with E-state index in [9.17, 15) is 0 Å². The molecule has 0 unspecified atom stereocenters. The fourth-order valence-corrected chi connectivity index (χ4v) is 0.826. The van der Waals surface area contributed by atoms with Gasteiger partial charge in [-0.25, -0.2) is 0 Å². The molecule has 0 aromatic heterocycles. The first-order valence-electron chi connectivity index (χ1n) is 3.21. The predicted molar refractivity (Wildman–Crippen MR) is 42.2 cm³/mol. The van der Waals surface area contributed by atoms with E-state index >= 15 is 0 Å². The molecule has 1 aromatic rings. The van der Waals surface area contributed by atoms with Crippen molar-refractivity contribution in [3.63, 3.8) is 0 Å². The number of aryl methyl sites for hydroxylation is 1. The summed E-state index contributed by atoms with van der Waals surface area (Å²) in [6, 6.07) is 4.96. The van der Waals surface area contributed by atoms with Crippen LogP contribution >= 0.6 is 0 Å². The van der Waals surface area contributed by atoms with Crippen LogP contribution in [0.3, 0.4) is 0 Å². The Balaban J connectivity index is 3.05. The van der Waals surface area contributed by atoms with E-state index in [0.717, 1.165) is 11.1 Å². The van der Waals surface area contributed by atoms with Crippen molar-refractivity contribution in [3.8, 4) is 5.75 Å². The number of benzene rings is 1.